The van der Waals surface area contributed by atoms with Gasteiger partial charge in [0.05, 0.1) is 24.5 Å². The average molecular weight is 342 g/mol. The zero-order chi connectivity index (χ0) is 17.9. The van der Waals surface area contributed by atoms with Gasteiger partial charge < -0.3 is 15.0 Å². The monoisotopic (exact) mass is 342 g/mol. The molecule has 25 heavy (non-hydrogen) atoms. The van der Waals surface area contributed by atoms with Crippen LogP contribution in [0.5, 0.6) is 5.75 Å². The minimum absolute atomic E-state index is 0.00426. The number of aromatic amines is 1. The van der Waals surface area contributed by atoms with Crippen LogP contribution in [0, 0.1) is 0 Å². The highest BCUT2D eigenvalue weighted by molar-refractivity contribution is 5.74. The van der Waals surface area contributed by atoms with E-state index in [1.807, 2.05) is 36.4 Å². The van der Waals surface area contributed by atoms with Crippen LogP contribution in [0.1, 0.15) is 38.6 Å². The summed E-state index contributed by atoms with van der Waals surface area (Å²) in [5.41, 5.74) is 1.90. The summed E-state index contributed by atoms with van der Waals surface area (Å²) in [6, 6.07) is 11.7. The number of para-hydroxylation sites is 1. The molecule has 2 aromatic rings. The van der Waals surface area contributed by atoms with Crippen LogP contribution in [0.15, 0.2) is 36.4 Å². The van der Waals surface area contributed by atoms with E-state index in [9.17, 15) is 4.79 Å². The van der Waals surface area contributed by atoms with Gasteiger partial charge in [-0.15, -0.1) is 0 Å². The molecule has 0 bridgehead atoms. The molecule has 0 saturated carbocycles. The van der Waals surface area contributed by atoms with E-state index in [1.165, 1.54) is 0 Å². The van der Waals surface area contributed by atoms with Gasteiger partial charge in [0.1, 0.15) is 11.9 Å². The van der Waals surface area contributed by atoms with Gasteiger partial charge in [-0.05, 0) is 18.2 Å². The van der Waals surface area contributed by atoms with Crippen molar-refractivity contribution in [3.05, 3.63) is 47.8 Å². The summed E-state index contributed by atoms with van der Waals surface area (Å²) in [4.78, 5) is 14.1. The second-order valence-corrected chi connectivity index (χ2v) is 7.47. The second-order valence-electron chi connectivity index (χ2n) is 7.47. The van der Waals surface area contributed by atoms with Crippen molar-refractivity contribution in [2.24, 2.45) is 0 Å². The summed E-state index contributed by atoms with van der Waals surface area (Å²) >= 11 is 0. The molecule has 0 unspecified atom stereocenters. The Labute approximate surface area is 148 Å². The third kappa shape index (κ3) is 4.53. The Morgan fingerprint density at radius 3 is 2.80 bits per heavy atom. The standard InChI is InChI=1S/C19H26N4O2/c1-19(2,3)17-11-14(21-22-17)12-20-18(24)23-10-9-16(13-23)25-15-7-5-4-6-8-15/h4-8,11,16H,9-10,12-13H2,1-3H3,(H,20,24)(H,21,22)/t16-/m1/s1. The summed E-state index contributed by atoms with van der Waals surface area (Å²) < 4.78 is 5.92. The predicted octanol–water partition coefficient (Wildman–Crippen LogP) is 3.07. The Balaban J connectivity index is 1.47. The quantitative estimate of drug-likeness (QED) is 0.897. The van der Waals surface area contributed by atoms with Gasteiger partial charge in [-0.25, -0.2) is 4.79 Å². The van der Waals surface area contributed by atoms with E-state index >= 15 is 0 Å². The Hall–Kier alpha value is -2.50. The fourth-order valence-corrected chi connectivity index (χ4v) is 2.82. The number of hydrogen-bond acceptors (Lipinski definition) is 3. The third-order valence-corrected chi connectivity index (χ3v) is 4.31. The second kappa shape index (κ2) is 7.17. The van der Waals surface area contributed by atoms with Crippen molar-refractivity contribution in [2.75, 3.05) is 13.1 Å². The third-order valence-electron chi connectivity index (χ3n) is 4.31. The van der Waals surface area contributed by atoms with Gasteiger partial charge >= 0.3 is 6.03 Å². The lowest BCUT2D eigenvalue weighted by atomic mass is 9.92. The van der Waals surface area contributed by atoms with Crippen LogP contribution < -0.4 is 10.1 Å². The maximum atomic E-state index is 12.3. The van der Waals surface area contributed by atoms with Gasteiger partial charge in [0, 0.05) is 18.4 Å². The Morgan fingerprint density at radius 1 is 1.36 bits per heavy atom. The van der Waals surface area contributed by atoms with Crippen molar-refractivity contribution in [1.29, 1.82) is 0 Å². The first-order chi connectivity index (χ1) is 11.9. The fraction of sp³-hybridized carbons (Fsp3) is 0.474. The molecule has 2 N–H and O–H groups in total. The first-order valence-corrected chi connectivity index (χ1v) is 8.71. The number of carbonyl (C=O) groups is 1. The summed E-state index contributed by atoms with van der Waals surface area (Å²) in [6.07, 6.45) is 0.897. The SMILES string of the molecule is CC(C)(C)c1cc(CNC(=O)N2CC[C@@H](Oc3ccccc3)C2)[nH]n1. The fourth-order valence-electron chi connectivity index (χ4n) is 2.82. The number of ether oxygens (including phenoxy) is 1. The highest BCUT2D eigenvalue weighted by Crippen LogP contribution is 2.20. The van der Waals surface area contributed by atoms with E-state index < -0.39 is 0 Å². The van der Waals surface area contributed by atoms with E-state index in [0.29, 0.717) is 19.6 Å². The Kier molecular flexibility index (Phi) is 4.97. The zero-order valence-corrected chi connectivity index (χ0v) is 15.1. The minimum Gasteiger partial charge on any atom is -0.489 e. The number of rotatable bonds is 4. The van der Waals surface area contributed by atoms with Crippen molar-refractivity contribution in [3.63, 3.8) is 0 Å². The normalized spacial score (nSPS) is 17.6. The zero-order valence-electron chi connectivity index (χ0n) is 15.1. The Bertz CT molecular complexity index is 706. The van der Waals surface area contributed by atoms with E-state index in [4.69, 9.17) is 4.74 Å². The highest BCUT2D eigenvalue weighted by Gasteiger charge is 2.27. The van der Waals surface area contributed by atoms with Crippen molar-refractivity contribution in [2.45, 2.75) is 45.3 Å². The molecule has 6 heteroatoms. The lowest BCUT2D eigenvalue weighted by Crippen LogP contribution is -2.39. The van der Waals surface area contributed by atoms with Crippen LogP contribution in [-0.4, -0.2) is 40.3 Å². The predicted molar refractivity (Wildman–Crippen MR) is 96.6 cm³/mol. The van der Waals surface area contributed by atoms with E-state index in [-0.39, 0.29) is 17.6 Å². The molecule has 1 fully saturated rings. The van der Waals surface area contributed by atoms with Gasteiger partial charge in [0.2, 0.25) is 0 Å². The maximum Gasteiger partial charge on any atom is 0.317 e. The number of nitrogens with zero attached hydrogens (tertiary/aromatic N) is 2. The molecule has 1 aromatic carbocycles. The van der Waals surface area contributed by atoms with Crippen LogP contribution in [-0.2, 0) is 12.0 Å². The van der Waals surface area contributed by atoms with Crippen molar-refractivity contribution in [1.82, 2.24) is 20.4 Å². The molecule has 2 heterocycles. The number of amides is 2. The van der Waals surface area contributed by atoms with Crippen LogP contribution >= 0.6 is 0 Å². The molecular formula is C19H26N4O2. The van der Waals surface area contributed by atoms with E-state index in [0.717, 1.165) is 23.6 Å². The van der Waals surface area contributed by atoms with Gasteiger partial charge in [-0.2, -0.15) is 5.10 Å². The minimum atomic E-state index is -0.0638. The van der Waals surface area contributed by atoms with Gasteiger partial charge in [0.25, 0.3) is 0 Å². The summed E-state index contributed by atoms with van der Waals surface area (Å²) in [5, 5.41) is 10.3. The molecule has 1 atom stereocenters. The molecule has 134 valence electrons. The van der Waals surface area contributed by atoms with Crippen molar-refractivity contribution < 1.29 is 9.53 Å². The van der Waals surface area contributed by atoms with Crippen LogP contribution in [0.3, 0.4) is 0 Å². The molecule has 6 nitrogen and oxygen atoms in total. The first-order valence-electron chi connectivity index (χ1n) is 8.71. The van der Waals surface area contributed by atoms with E-state index in [2.05, 4.69) is 36.3 Å². The number of likely N-dealkylation sites (tertiary alicyclic amines) is 1. The molecule has 1 aliphatic heterocycles. The smallest absolute Gasteiger partial charge is 0.317 e. The summed E-state index contributed by atoms with van der Waals surface area (Å²) in [5.74, 6) is 0.849. The topological polar surface area (TPSA) is 70.2 Å². The molecule has 3 rings (SSSR count). The Morgan fingerprint density at radius 2 is 2.12 bits per heavy atom. The molecule has 0 aliphatic carbocycles. The lowest BCUT2D eigenvalue weighted by molar-refractivity contribution is 0.186. The van der Waals surface area contributed by atoms with E-state index in [1.54, 1.807) is 4.90 Å². The molecule has 1 aromatic heterocycles. The maximum absolute atomic E-state index is 12.3. The van der Waals surface area contributed by atoms with Crippen LogP contribution in [0.25, 0.3) is 0 Å². The van der Waals surface area contributed by atoms with Gasteiger partial charge in [-0.3, -0.25) is 5.10 Å². The van der Waals surface area contributed by atoms with Crippen molar-refractivity contribution >= 4 is 6.03 Å². The molecular weight excluding hydrogens is 316 g/mol. The number of nitrogens with one attached hydrogen (secondary N) is 2. The summed E-state index contributed by atoms with van der Waals surface area (Å²) in [7, 11) is 0. The largest absolute Gasteiger partial charge is 0.489 e. The lowest BCUT2D eigenvalue weighted by Gasteiger charge is -2.17. The van der Waals surface area contributed by atoms with Gasteiger partial charge in [-0.1, -0.05) is 39.0 Å². The molecule has 0 spiro atoms. The van der Waals surface area contributed by atoms with Crippen LogP contribution in [0.4, 0.5) is 4.79 Å². The number of H-pyrrole nitrogens is 1. The summed E-state index contributed by atoms with van der Waals surface area (Å²) in [6.45, 7) is 8.10. The number of urea groups is 1. The highest BCUT2D eigenvalue weighted by atomic mass is 16.5. The molecule has 1 aliphatic rings. The number of carbonyl (C=O) groups excluding carboxylic acids is 1. The number of aromatic nitrogens is 2. The molecule has 2 amide bonds. The first kappa shape index (κ1) is 17.3. The number of benzene rings is 1. The van der Waals surface area contributed by atoms with Crippen LogP contribution in [0.2, 0.25) is 0 Å². The number of hydrogen-bond donors (Lipinski definition) is 2. The molecule has 1 saturated heterocycles. The van der Waals surface area contributed by atoms with Gasteiger partial charge in [0.15, 0.2) is 0 Å². The van der Waals surface area contributed by atoms with Crippen molar-refractivity contribution in [3.8, 4) is 5.75 Å². The molecule has 0 radical (unpaired) electrons. The average Bonchev–Trinajstić information content (AvgIpc) is 3.22.